The van der Waals surface area contributed by atoms with Crippen LogP contribution >= 0.6 is 23.2 Å². The molecule has 33 heavy (non-hydrogen) atoms. The molecule has 1 N–H and O–H groups in total. The number of pyridine rings is 1. The van der Waals surface area contributed by atoms with Gasteiger partial charge in [-0.25, -0.2) is 15.0 Å². The molecule has 2 fully saturated rings. The van der Waals surface area contributed by atoms with E-state index in [2.05, 4.69) is 47.9 Å². The molecule has 6 rings (SSSR count). The summed E-state index contributed by atoms with van der Waals surface area (Å²) in [6.45, 7) is 2.81. The van der Waals surface area contributed by atoms with Gasteiger partial charge in [0.15, 0.2) is 0 Å². The molecule has 2 atom stereocenters. The first-order valence-corrected chi connectivity index (χ1v) is 12.0. The highest BCUT2D eigenvalue weighted by Gasteiger charge is 2.31. The number of halogens is 2. The molecular weight excluding hydrogens is 457 g/mol. The second-order valence-corrected chi connectivity index (χ2v) is 9.49. The van der Waals surface area contributed by atoms with Crippen LogP contribution in [0.3, 0.4) is 0 Å². The second-order valence-electron chi connectivity index (χ2n) is 8.68. The normalized spacial score (nSPS) is 20.8. The van der Waals surface area contributed by atoms with Crippen molar-refractivity contribution in [1.82, 2.24) is 24.9 Å². The van der Waals surface area contributed by atoms with Crippen molar-refractivity contribution in [2.45, 2.75) is 31.2 Å². The Labute approximate surface area is 201 Å². The highest BCUT2D eigenvalue weighted by molar-refractivity contribution is 6.42. The van der Waals surface area contributed by atoms with E-state index in [0.717, 1.165) is 73.1 Å². The van der Waals surface area contributed by atoms with E-state index in [1.165, 1.54) is 0 Å². The Balaban J connectivity index is 1.25. The van der Waals surface area contributed by atoms with Crippen LogP contribution in [0.4, 0.5) is 11.6 Å². The van der Waals surface area contributed by atoms with Crippen molar-refractivity contribution in [3.63, 3.8) is 0 Å². The fourth-order valence-electron chi connectivity index (χ4n) is 5.00. The highest BCUT2D eigenvalue weighted by Crippen LogP contribution is 2.37. The average Bonchev–Trinajstić information content (AvgIpc) is 3.59. The van der Waals surface area contributed by atoms with E-state index >= 15 is 0 Å². The first-order valence-electron chi connectivity index (χ1n) is 11.2. The lowest BCUT2D eigenvalue weighted by molar-refractivity contribution is 0.671. The lowest BCUT2D eigenvalue weighted by Crippen LogP contribution is -2.26. The molecule has 9 heteroatoms. The molecule has 2 aliphatic heterocycles. The minimum absolute atomic E-state index is 0.123. The van der Waals surface area contributed by atoms with Crippen molar-refractivity contribution in [2.24, 2.45) is 0 Å². The predicted octanol–water partition coefficient (Wildman–Crippen LogP) is 5.39. The SMILES string of the molecule is Clc1cc2nc([C@@H]3CCCN3c3cc(N4CCC(c5ccccn5)C4)ncn3)[nH]c2cc1Cl. The van der Waals surface area contributed by atoms with Gasteiger partial charge in [-0.2, -0.15) is 0 Å². The average molecular weight is 480 g/mol. The summed E-state index contributed by atoms with van der Waals surface area (Å²) in [6.07, 6.45) is 6.70. The molecule has 1 unspecified atom stereocenters. The van der Waals surface area contributed by atoms with Crippen molar-refractivity contribution in [3.8, 4) is 0 Å². The van der Waals surface area contributed by atoms with Gasteiger partial charge in [0.05, 0.1) is 27.1 Å². The lowest BCUT2D eigenvalue weighted by Gasteiger charge is -2.25. The minimum atomic E-state index is 0.123. The number of rotatable bonds is 4. The molecule has 0 bridgehead atoms. The quantitative estimate of drug-likeness (QED) is 0.422. The topological polar surface area (TPSA) is 73.8 Å². The highest BCUT2D eigenvalue weighted by atomic mass is 35.5. The zero-order valence-electron chi connectivity index (χ0n) is 18.0. The Morgan fingerprint density at radius 1 is 0.939 bits per heavy atom. The van der Waals surface area contributed by atoms with Gasteiger partial charge in [0, 0.05) is 43.5 Å². The molecule has 168 valence electrons. The maximum atomic E-state index is 6.19. The molecule has 1 aromatic carbocycles. The third-order valence-corrected chi connectivity index (χ3v) is 7.38. The van der Waals surface area contributed by atoms with Crippen LogP contribution in [0.5, 0.6) is 0 Å². The van der Waals surface area contributed by atoms with Gasteiger partial charge in [-0.3, -0.25) is 4.98 Å². The fourth-order valence-corrected chi connectivity index (χ4v) is 5.32. The zero-order valence-corrected chi connectivity index (χ0v) is 19.5. The van der Waals surface area contributed by atoms with Gasteiger partial charge < -0.3 is 14.8 Å². The Bertz CT molecular complexity index is 1250. The second kappa shape index (κ2) is 8.47. The minimum Gasteiger partial charge on any atom is -0.356 e. The number of benzene rings is 1. The van der Waals surface area contributed by atoms with Crippen molar-refractivity contribution in [1.29, 1.82) is 0 Å². The van der Waals surface area contributed by atoms with E-state index in [4.69, 9.17) is 28.2 Å². The van der Waals surface area contributed by atoms with Crippen LogP contribution in [-0.2, 0) is 0 Å². The summed E-state index contributed by atoms with van der Waals surface area (Å²) >= 11 is 12.4. The summed E-state index contributed by atoms with van der Waals surface area (Å²) in [6, 6.07) is 12.0. The van der Waals surface area contributed by atoms with Gasteiger partial charge >= 0.3 is 0 Å². The van der Waals surface area contributed by atoms with Gasteiger partial charge in [0.25, 0.3) is 0 Å². The van der Waals surface area contributed by atoms with Crippen LogP contribution in [0.2, 0.25) is 10.0 Å². The molecular formula is C24H23Cl2N7. The van der Waals surface area contributed by atoms with Crippen LogP contribution in [0, 0.1) is 0 Å². The summed E-state index contributed by atoms with van der Waals surface area (Å²) in [5.41, 5.74) is 2.87. The van der Waals surface area contributed by atoms with Crippen LogP contribution in [-0.4, -0.2) is 44.6 Å². The van der Waals surface area contributed by atoms with Gasteiger partial charge in [0.1, 0.15) is 23.8 Å². The summed E-state index contributed by atoms with van der Waals surface area (Å²) < 4.78 is 0. The predicted molar refractivity (Wildman–Crippen MR) is 131 cm³/mol. The van der Waals surface area contributed by atoms with Crippen molar-refractivity contribution in [3.05, 3.63) is 70.5 Å². The van der Waals surface area contributed by atoms with Gasteiger partial charge in [0.2, 0.25) is 0 Å². The molecule has 2 saturated heterocycles. The number of anilines is 2. The number of aromatic nitrogens is 5. The molecule has 2 aliphatic rings. The van der Waals surface area contributed by atoms with Crippen LogP contribution in [0.15, 0.2) is 48.9 Å². The molecule has 0 spiro atoms. The number of imidazole rings is 1. The van der Waals surface area contributed by atoms with Gasteiger partial charge in [-0.1, -0.05) is 29.3 Å². The Hall–Kier alpha value is -2.90. The van der Waals surface area contributed by atoms with E-state index in [1.54, 1.807) is 6.33 Å². The van der Waals surface area contributed by atoms with Crippen LogP contribution in [0.25, 0.3) is 11.0 Å². The third kappa shape index (κ3) is 3.89. The van der Waals surface area contributed by atoms with E-state index < -0.39 is 0 Å². The summed E-state index contributed by atoms with van der Waals surface area (Å²) in [5.74, 6) is 3.24. The molecule has 0 saturated carbocycles. The first-order chi connectivity index (χ1) is 16.2. The van der Waals surface area contributed by atoms with E-state index in [0.29, 0.717) is 16.0 Å². The fraction of sp³-hybridized carbons (Fsp3) is 0.333. The molecule has 0 aliphatic carbocycles. The largest absolute Gasteiger partial charge is 0.356 e. The number of fused-ring (bicyclic) bond motifs is 1. The molecule has 5 heterocycles. The number of nitrogens with zero attached hydrogens (tertiary/aromatic N) is 6. The van der Waals surface area contributed by atoms with Crippen molar-refractivity contribution >= 4 is 45.9 Å². The Morgan fingerprint density at radius 3 is 2.70 bits per heavy atom. The monoisotopic (exact) mass is 479 g/mol. The zero-order chi connectivity index (χ0) is 22.4. The molecule has 0 radical (unpaired) electrons. The maximum Gasteiger partial charge on any atom is 0.134 e. The Kier molecular flexibility index (Phi) is 5.31. The standard InChI is InChI=1S/C24H23Cl2N7/c25-16-10-19-20(11-17(16)26)31-24(30-19)21-5-3-8-33(21)23-12-22(28-14-29-23)32-9-6-15(13-32)18-4-1-2-7-27-18/h1-2,4,7,10-12,14-15,21H,3,5-6,8-9,13H2,(H,30,31)/t15?,21-/m0/s1. The number of H-pyrrole nitrogens is 1. The number of nitrogens with one attached hydrogen (secondary N) is 1. The molecule has 4 aromatic rings. The van der Waals surface area contributed by atoms with Crippen LogP contribution < -0.4 is 9.80 Å². The van der Waals surface area contributed by atoms with Gasteiger partial charge in [-0.15, -0.1) is 0 Å². The van der Waals surface area contributed by atoms with Crippen LogP contribution in [0.1, 0.15) is 42.7 Å². The van der Waals surface area contributed by atoms with Crippen molar-refractivity contribution in [2.75, 3.05) is 29.4 Å². The summed E-state index contributed by atoms with van der Waals surface area (Å²) in [5, 5.41) is 1.04. The third-order valence-electron chi connectivity index (χ3n) is 6.66. The van der Waals surface area contributed by atoms with E-state index in [-0.39, 0.29) is 6.04 Å². The number of aromatic amines is 1. The Morgan fingerprint density at radius 2 is 1.82 bits per heavy atom. The summed E-state index contributed by atoms with van der Waals surface area (Å²) in [4.78, 5) is 26.7. The first kappa shape index (κ1) is 20.7. The van der Waals surface area contributed by atoms with E-state index in [9.17, 15) is 0 Å². The van der Waals surface area contributed by atoms with E-state index in [1.807, 2.05) is 24.4 Å². The number of hydrogen-bond donors (Lipinski definition) is 1. The molecule has 7 nitrogen and oxygen atoms in total. The van der Waals surface area contributed by atoms with Gasteiger partial charge in [-0.05, 0) is 43.5 Å². The smallest absolute Gasteiger partial charge is 0.134 e. The molecule has 3 aromatic heterocycles. The maximum absolute atomic E-state index is 6.19. The summed E-state index contributed by atoms with van der Waals surface area (Å²) in [7, 11) is 0. The number of hydrogen-bond acceptors (Lipinski definition) is 6. The van der Waals surface area contributed by atoms with Crippen molar-refractivity contribution < 1.29 is 0 Å². The lowest BCUT2D eigenvalue weighted by atomic mass is 10.0. The molecule has 0 amide bonds.